The number of alkyl halides is 3. The molecule has 0 aliphatic carbocycles. The van der Waals surface area contributed by atoms with Crippen molar-refractivity contribution in [2.75, 3.05) is 6.54 Å². The van der Waals surface area contributed by atoms with Gasteiger partial charge in [-0.3, -0.25) is 28.1 Å². The lowest BCUT2D eigenvalue weighted by atomic mass is 10.1. The molecule has 10 nitrogen and oxygen atoms in total. The third-order valence-electron chi connectivity index (χ3n) is 6.94. The highest BCUT2D eigenvalue weighted by Crippen LogP contribution is 2.37. The van der Waals surface area contributed by atoms with Gasteiger partial charge in [0.05, 0.1) is 17.5 Å². The molecule has 1 aromatic carbocycles. The lowest BCUT2D eigenvalue weighted by Crippen LogP contribution is -2.36. The van der Waals surface area contributed by atoms with Crippen LogP contribution in [0.5, 0.6) is 0 Å². The average molecular weight is 644 g/mol. The number of fused-ring (bicyclic) bond motifs is 1. The standard InChI is InChI=1S/C26H22F5N5O5S2/c1-34-21(38)18-12(9-42-22(18)35(2)25(34)40)8-17(37)33-24-36(11-41-23(39)15-4-3-7-32-15)16(10-43-24)13-5-6-14(27)19(20(13)28)26(29,30)31/h5-6,9-10,15,32H,3-4,7-8,11H2,1-2H3/b33-24-/t15-/m0/s1. The Morgan fingerprint density at radius 1 is 1.12 bits per heavy atom. The van der Waals surface area contributed by atoms with E-state index in [-0.39, 0.29) is 22.3 Å². The van der Waals surface area contributed by atoms with E-state index in [1.165, 1.54) is 29.4 Å². The molecule has 0 bridgehead atoms. The van der Waals surface area contributed by atoms with Crippen LogP contribution in [0.1, 0.15) is 24.0 Å². The van der Waals surface area contributed by atoms with Crippen LogP contribution >= 0.6 is 22.7 Å². The van der Waals surface area contributed by atoms with Gasteiger partial charge in [-0.25, -0.2) is 13.6 Å². The molecule has 1 saturated heterocycles. The zero-order chi connectivity index (χ0) is 31.2. The van der Waals surface area contributed by atoms with Crippen LogP contribution in [-0.2, 0) is 47.7 Å². The summed E-state index contributed by atoms with van der Waals surface area (Å²) in [5.74, 6) is -5.13. The molecule has 0 unspecified atom stereocenters. The smallest absolute Gasteiger partial charge is 0.422 e. The quantitative estimate of drug-likeness (QED) is 0.255. The fourth-order valence-electron chi connectivity index (χ4n) is 4.75. The Kier molecular flexibility index (Phi) is 8.24. The number of aryl methyl sites for hydroxylation is 1. The van der Waals surface area contributed by atoms with Crippen molar-refractivity contribution in [3.05, 3.63) is 71.3 Å². The van der Waals surface area contributed by atoms with Gasteiger partial charge in [-0.05, 0) is 42.5 Å². The van der Waals surface area contributed by atoms with E-state index in [1.54, 1.807) is 0 Å². The van der Waals surface area contributed by atoms with Gasteiger partial charge >= 0.3 is 17.8 Å². The normalized spacial score (nSPS) is 15.9. The number of amides is 1. The van der Waals surface area contributed by atoms with Crippen molar-refractivity contribution in [2.45, 2.75) is 38.2 Å². The molecule has 228 valence electrons. The predicted molar refractivity (Wildman–Crippen MR) is 146 cm³/mol. The number of carbonyl (C=O) groups excluding carboxylic acids is 2. The zero-order valence-corrected chi connectivity index (χ0v) is 24.1. The van der Waals surface area contributed by atoms with Gasteiger partial charge in [0.15, 0.2) is 11.5 Å². The Morgan fingerprint density at radius 3 is 2.53 bits per heavy atom. The molecule has 3 aromatic heterocycles. The Hall–Kier alpha value is -3.96. The van der Waals surface area contributed by atoms with Crippen molar-refractivity contribution in [1.29, 1.82) is 0 Å². The van der Waals surface area contributed by atoms with Gasteiger partial charge in [-0.2, -0.15) is 18.2 Å². The van der Waals surface area contributed by atoms with Crippen molar-refractivity contribution in [1.82, 2.24) is 19.0 Å². The van der Waals surface area contributed by atoms with Gasteiger partial charge in [0.25, 0.3) is 11.5 Å². The molecule has 4 aromatic rings. The fourth-order valence-corrected chi connectivity index (χ4v) is 6.68. The summed E-state index contributed by atoms with van der Waals surface area (Å²) in [5, 5.41) is 5.84. The molecular formula is C26H22F5N5O5S2. The number of thiophene rings is 1. The van der Waals surface area contributed by atoms with E-state index in [0.717, 1.165) is 44.3 Å². The van der Waals surface area contributed by atoms with Gasteiger partial charge < -0.3 is 10.1 Å². The maximum Gasteiger partial charge on any atom is 0.422 e. The number of ether oxygens (including phenoxy) is 1. The summed E-state index contributed by atoms with van der Waals surface area (Å²) < 4.78 is 78.0. The molecule has 1 aliphatic heterocycles. The SMILES string of the molecule is Cn1c(=O)c2c(CC(=O)/N=c3\scc(-c4ccc(F)c(C(F)(F)F)c4F)n3COC(=O)[C@@H]3CCCN3)csc2n(C)c1=O. The highest BCUT2D eigenvalue weighted by Gasteiger charge is 2.39. The van der Waals surface area contributed by atoms with Crippen LogP contribution in [0.15, 0.2) is 37.5 Å². The number of aromatic nitrogens is 3. The molecule has 0 saturated carbocycles. The second-order valence-electron chi connectivity index (χ2n) is 9.68. The van der Waals surface area contributed by atoms with Gasteiger partial charge in [-0.15, -0.1) is 22.7 Å². The number of rotatable bonds is 6. The largest absolute Gasteiger partial charge is 0.443 e. The lowest BCUT2D eigenvalue weighted by molar-refractivity contribution is -0.149. The topological polar surface area (TPSA) is 117 Å². The van der Waals surface area contributed by atoms with Crippen molar-refractivity contribution in [3.8, 4) is 11.3 Å². The second kappa shape index (κ2) is 11.6. The van der Waals surface area contributed by atoms with E-state index < -0.39 is 64.8 Å². The number of hydrogen-bond acceptors (Lipinski definition) is 8. The number of benzene rings is 1. The molecule has 0 spiro atoms. The highest BCUT2D eigenvalue weighted by molar-refractivity contribution is 7.17. The molecule has 17 heteroatoms. The van der Waals surface area contributed by atoms with E-state index in [2.05, 4.69) is 10.3 Å². The average Bonchev–Trinajstić information content (AvgIpc) is 3.70. The predicted octanol–water partition coefficient (Wildman–Crippen LogP) is 3.05. The number of esters is 1. The van der Waals surface area contributed by atoms with E-state index in [9.17, 15) is 36.7 Å². The minimum Gasteiger partial charge on any atom is -0.443 e. The monoisotopic (exact) mass is 643 g/mol. The molecule has 1 N–H and O–H groups in total. The number of nitrogens with zero attached hydrogens (tertiary/aromatic N) is 4. The first kappa shape index (κ1) is 30.5. The molecule has 1 fully saturated rings. The van der Waals surface area contributed by atoms with Crippen LogP contribution in [0, 0.1) is 11.6 Å². The summed E-state index contributed by atoms with van der Waals surface area (Å²) in [4.78, 5) is 54.9. The summed E-state index contributed by atoms with van der Waals surface area (Å²) in [5.41, 5.74) is -3.83. The van der Waals surface area contributed by atoms with Crippen molar-refractivity contribution in [2.24, 2.45) is 19.1 Å². The summed E-state index contributed by atoms with van der Waals surface area (Å²) in [7, 11) is 2.78. The van der Waals surface area contributed by atoms with Crippen LogP contribution in [0.3, 0.4) is 0 Å². The van der Waals surface area contributed by atoms with Crippen LogP contribution in [0.2, 0.25) is 0 Å². The van der Waals surface area contributed by atoms with E-state index in [0.29, 0.717) is 29.4 Å². The van der Waals surface area contributed by atoms with Crippen molar-refractivity contribution in [3.63, 3.8) is 0 Å². The minimum absolute atomic E-state index is 0.149. The molecule has 43 heavy (non-hydrogen) atoms. The van der Waals surface area contributed by atoms with Crippen LogP contribution in [-0.4, -0.2) is 38.2 Å². The number of halogens is 5. The summed E-state index contributed by atoms with van der Waals surface area (Å²) >= 11 is 1.84. The Bertz CT molecular complexity index is 1950. The summed E-state index contributed by atoms with van der Waals surface area (Å²) in [6.07, 6.45) is -4.49. The van der Waals surface area contributed by atoms with E-state index in [1.807, 2.05) is 0 Å². The maximum absolute atomic E-state index is 15.1. The molecule has 1 amide bonds. The number of carbonyl (C=O) groups is 2. The molecule has 1 atom stereocenters. The Morgan fingerprint density at radius 2 is 1.86 bits per heavy atom. The fraction of sp³-hybridized carbons (Fsp3) is 0.346. The third-order valence-corrected chi connectivity index (χ3v) is 8.90. The van der Waals surface area contributed by atoms with Gasteiger partial charge in [0.1, 0.15) is 28.1 Å². The highest BCUT2D eigenvalue weighted by atomic mass is 32.1. The van der Waals surface area contributed by atoms with E-state index in [4.69, 9.17) is 4.74 Å². The number of hydrogen-bond donors (Lipinski definition) is 1. The van der Waals surface area contributed by atoms with Crippen LogP contribution < -0.4 is 21.4 Å². The van der Waals surface area contributed by atoms with Gasteiger partial charge in [-0.1, -0.05) is 0 Å². The van der Waals surface area contributed by atoms with Gasteiger partial charge in [0, 0.05) is 25.0 Å². The second-order valence-corrected chi connectivity index (χ2v) is 11.4. The Labute approximate surface area is 246 Å². The van der Waals surface area contributed by atoms with Crippen molar-refractivity contribution < 1.29 is 36.3 Å². The molecular weight excluding hydrogens is 621 g/mol. The molecule has 5 rings (SSSR count). The number of nitrogens with one attached hydrogen (secondary N) is 1. The number of thiazole rings is 1. The van der Waals surface area contributed by atoms with Crippen LogP contribution in [0.4, 0.5) is 22.0 Å². The zero-order valence-electron chi connectivity index (χ0n) is 22.5. The summed E-state index contributed by atoms with van der Waals surface area (Å²) in [6.45, 7) is -0.0502. The molecule has 1 aliphatic rings. The molecule has 0 radical (unpaired) electrons. The van der Waals surface area contributed by atoms with Crippen molar-refractivity contribution >= 4 is 44.8 Å². The third kappa shape index (κ3) is 5.71. The van der Waals surface area contributed by atoms with E-state index >= 15 is 4.39 Å². The maximum atomic E-state index is 15.1. The van der Waals surface area contributed by atoms with Crippen LogP contribution in [0.25, 0.3) is 21.5 Å². The summed E-state index contributed by atoms with van der Waals surface area (Å²) in [6, 6.07) is 0.659. The minimum atomic E-state index is -5.33. The first-order valence-corrected chi connectivity index (χ1v) is 14.4. The lowest BCUT2D eigenvalue weighted by Gasteiger charge is -2.15. The first-order valence-electron chi connectivity index (χ1n) is 12.7. The Balaban J connectivity index is 1.56. The first-order chi connectivity index (χ1) is 20.3. The van der Waals surface area contributed by atoms with Gasteiger partial charge in [0.2, 0.25) is 0 Å². The molecule has 4 heterocycles.